The van der Waals surface area contributed by atoms with Crippen molar-refractivity contribution in [3.63, 3.8) is 0 Å². The summed E-state index contributed by atoms with van der Waals surface area (Å²) in [7, 11) is 0. The van der Waals surface area contributed by atoms with E-state index in [4.69, 9.17) is 0 Å². The molecule has 0 saturated carbocycles. The first kappa shape index (κ1) is 14.1. The van der Waals surface area contributed by atoms with Crippen LogP contribution in [0.25, 0.3) is 0 Å². The molecule has 2 atom stereocenters. The SMILES string of the molecule is CC1CCNC(C(=O)Nc2ccc3c(c2)CCC(=O)N3)C1. The molecule has 0 radical (unpaired) electrons. The Bertz CT molecular complexity index is 571. The van der Waals surface area contributed by atoms with E-state index in [1.54, 1.807) is 0 Å². The molecule has 1 saturated heterocycles. The van der Waals surface area contributed by atoms with Crippen molar-refractivity contribution in [3.05, 3.63) is 23.8 Å². The first-order valence-electron chi connectivity index (χ1n) is 7.59. The van der Waals surface area contributed by atoms with E-state index in [-0.39, 0.29) is 17.9 Å². The van der Waals surface area contributed by atoms with Gasteiger partial charge in [0.25, 0.3) is 0 Å². The molecule has 0 aliphatic carbocycles. The molecule has 0 spiro atoms. The maximum absolute atomic E-state index is 12.3. The van der Waals surface area contributed by atoms with Gasteiger partial charge in [0.1, 0.15) is 0 Å². The molecule has 3 rings (SSSR count). The van der Waals surface area contributed by atoms with Crippen LogP contribution in [0.4, 0.5) is 11.4 Å². The molecule has 1 aromatic rings. The zero-order chi connectivity index (χ0) is 14.8. The van der Waals surface area contributed by atoms with E-state index in [1.807, 2.05) is 18.2 Å². The molecule has 0 aromatic heterocycles. The van der Waals surface area contributed by atoms with Crippen LogP contribution in [0.2, 0.25) is 0 Å². The van der Waals surface area contributed by atoms with Gasteiger partial charge in [-0.25, -0.2) is 0 Å². The molecule has 5 nitrogen and oxygen atoms in total. The summed E-state index contributed by atoms with van der Waals surface area (Å²) in [4.78, 5) is 23.6. The van der Waals surface area contributed by atoms with Gasteiger partial charge < -0.3 is 16.0 Å². The van der Waals surface area contributed by atoms with E-state index >= 15 is 0 Å². The summed E-state index contributed by atoms with van der Waals surface area (Å²) in [6, 6.07) is 5.55. The largest absolute Gasteiger partial charge is 0.326 e. The lowest BCUT2D eigenvalue weighted by Gasteiger charge is -2.27. The Hall–Kier alpha value is -1.88. The van der Waals surface area contributed by atoms with Crippen LogP contribution in [-0.4, -0.2) is 24.4 Å². The van der Waals surface area contributed by atoms with Crippen LogP contribution in [-0.2, 0) is 16.0 Å². The molecule has 0 bridgehead atoms. The minimum Gasteiger partial charge on any atom is -0.326 e. The third-order valence-electron chi connectivity index (χ3n) is 4.25. The van der Waals surface area contributed by atoms with E-state index in [0.29, 0.717) is 12.3 Å². The van der Waals surface area contributed by atoms with Gasteiger partial charge in [-0.1, -0.05) is 6.92 Å². The summed E-state index contributed by atoms with van der Waals surface area (Å²) in [6.07, 6.45) is 3.24. The fraction of sp³-hybridized carbons (Fsp3) is 0.500. The Morgan fingerprint density at radius 3 is 3.00 bits per heavy atom. The van der Waals surface area contributed by atoms with Crippen molar-refractivity contribution in [1.29, 1.82) is 0 Å². The van der Waals surface area contributed by atoms with Crippen LogP contribution in [0.15, 0.2) is 18.2 Å². The van der Waals surface area contributed by atoms with E-state index in [2.05, 4.69) is 22.9 Å². The third kappa shape index (κ3) is 3.24. The van der Waals surface area contributed by atoms with Gasteiger partial charge in [0.05, 0.1) is 6.04 Å². The molecule has 3 N–H and O–H groups in total. The van der Waals surface area contributed by atoms with Crippen molar-refractivity contribution < 1.29 is 9.59 Å². The maximum atomic E-state index is 12.3. The standard InChI is InChI=1S/C16H21N3O2/c1-10-6-7-17-14(8-10)16(21)18-12-3-4-13-11(9-12)2-5-15(20)19-13/h3-4,9-10,14,17H,2,5-8H2,1H3,(H,18,21)(H,19,20). The molecule has 1 aromatic carbocycles. The summed E-state index contributed by atoms with van der Waals surface area (Å²) < 4.78 is 0. The topological polar surface area (TPSA) is 70.2 Å². The molecule has 21 heavy (non-hydrogen) atoms. The third-order valence-corrected chi connectivity index (χ3v) is 4.25. The van der Waals surface area contributed by atoms with Gasteiger partial charge in [-0.2, -0.15) is 0 Å². The summed E-state index contributed by atoms with van der Waals surface area (Å²) in [5.41, 5.74) is 2.74. The number of piperidine rings is 1. The molecule has 2 unspecified atom stereocenters. The number of anilines is 2. The predicted octanol–water partition coefficient (Wildman–Crippen LogP) is 1.90. The molecule has 1 fully saturated rings. The summed E-state index contributed by atoms with van der Waals surface area (Å²) in [5, 5.41) is 9.09. The molecule has 2 aliphatic rings. The monoisotopic (exact) mass is 287 g/mol. The van der Waals surface area contributed by atoms with Gasteiger partial charge in [0, 0.05) is 17.8 Å². The van der Waals surface area contributed by atoms with Gasteiger partial charge in [-0.3, -0.25) is 9.59 Å². The second-order valence-corrected chi connectivity index (χ2v) is 6.05. The second-order valence-electron chi connectivity index (χ2n) is 6.05. The number of nitrogens with one attached hydrogen (secondary N) is 3. The van der Waals surface area contributed by atoms with E-state index in [1.165, 1.54) is 0 Å². The first-order chi connectivity index (χ1) is 10.1. The van der Waals surface area contributed by atoms with E-state index in [9.17, 15) is 9.59 Å². The van der Waals surface area contributed by atoms with Crippen molar-refractivity contribution in [2.75, 3.05) is 17.2 Å². The number of aryl methyl sites for hydroxylation is 1. The average molecular weight is 287 g/mol. The second kappa shape index (κ2) is 5.85. The zero-order valence-electron chi connectivity index (χ0n) is 12.2. The van der Waals surface area contributed by atoms with Crippen LogP contribution in [0, 0.1) is 5.92 Å². The number of fused-ring (bicyclic) bond motifs is 1. The fourth-order valence-electron chi connectivity index (χ4n) is 3.00. The minimum atomic E-state index is -0.107. The van der Waals surface area contributed by atoms with Crippen LogP contribution in [0.3, 0.4) is 0 Å². The van der Waals surface area contributed by atoms with Gasteiger partial charge >= 0.3 is 0 Å². The Kier molecular flexibility index (Phi) is 3.92. The van der Waals surface area contributed by atoms with Crippen molar-refractivity contribution in [2.45, 2.75) is 38.6 Å². The van der Waals surface area contributed by atoms with Crippen molar-refractivity contribution in [2.24, 2.45) is 5.92 Å². The Balaban J connectivity index is 1.67. The Morgan fingerprint density at radius 1 is 1.33 bits per heavy atom. The normalized spacial score (nSPS) is 24.9. The maximum Gasteiger partial charge on any atom is 0.241 e. The van der Waals surface area contributed by atoms with E-state index < -0.39 is 0 Å². The highest BCUT2D eigenvalue weighted by Gasteiger charge is 2.24. The van der Waals surface area contributed by atoms with Crippen LogP contribution < -0.4 is 16.0 Å². The lowest BCUT2D eigenvalue weighted by Crippen LogP contribution is -2.45. The highest BCUT2D eigenvalue weighted by Crippen LogP contribution is 2.26. The van der Waals surface area contributed by atoms with Gasteiger partial charge in [-0.05, 0) is 55.5 Å². The Labute approximate surface area is 124 Å². The van der Waals surface area contributed by atoms with Crippen molar-refractivity contribution in [1.82, 2.24) is 5.32 Å². The minimum absolute atomic E-state index is 0.0290. The first-order valence-corrected chi connectivity index (χ1v) is 7.59. The fourth-order valence-corrected chi connectivity index (χ4v) is 3.00. The molecule has 2 heterocycles. The van der Waals surface area contributed by atoms with Crippen molar-refractivity contribution in [3.8, 4) is 0 Å². The molecular weight excluding hydrogens is 266 g/mol. The van der Waals surface area contributed by atoms with Crippen LogP contribution >= 0.6 is 0 Å². The smallest absolute Gasteiger partial charge is 0.241 e. The molecule has 5 heteroatoms. The number of rotatable bonds is 2. The number of carbonyl (C=O) groups excluding carboxylic acids is 2. The van der Waals surface area contributed by atoms with Crippen molar-refractivity contribution >= 4 is 23.2 Å². The highest BCUT2D eigenvalue weighted by molar-refractivity contribution is 5.97. The number of hydrogen-bond donors (Lipinski definition) is 3. The van der Waals surface area contributed by atoms with Gasteiger partial charge in [-0.15, -0.1) is 0 Å². The number of benzene rings is 1. The summed E-state index contributed by atoms with van der Waals surface area (Å²) in [5.74, 6) is 0.668. The average Bonchev–Trinajstić information content (AvgIpc) is 2.47. The van der Waals surface area contributed by atoms with Crippen LogP contribution in [0.1, 0.15) is 31.7 Å². The summed E-state index contributed by atoms with van der Waals surface area (Å²) in [6.45, 7) is 3.08. The molecule has 2 amide bonds. The zero-order valence-corrected chi connectivity index (χ0v) is 12.2. The van der Waals surface area contributed by atoms with E-state index in [0.717, 1.165) is 42.7 Å². The summed E-state index contributed by atoms with van der Waals surface area (Å²) >= 11 is 0. The number of hydrogen-bond acceptors (Lipinski definition) is 3. The molecular formula is C16H21N3O2. The predicted molar refractivity (Wildman–Crippen MR) is 82.2 cm³/mol. The molecule has 112 valence electrons. The highest BCUT2D eigenvalue weighted by atomic mass is 16.2. The van der Waals surface area contributed by atoms with Gasteiger partial charge in [0.2, 0.25) is 11.8 Å². The number of carbonyl (C=O) groups is 2. The lowest BCUT2D eigenvalue weighted by molar-refractivity contribution is -0.119. The quantitative estimate of drug-likeness (QED) is 0.778. The molecule has 2 aliphatic heterocycles. The lowest BCUT2D eigenvalue weighted by atomic mass is 9.94. The van der Waals surface area contributed by atoms with Crippen LogP contribution in [0.5, 0.6) is 0 Å². The number of amides is 2. The van der Waals surface area contributed by atoms with Gasteiger partial charge in [0.15, 0.2) is 0 Å². The Morgan fingerprint density at radius 2 is 2.19 bits per heavy atom.